The van der Waals surface area contributed by atoms with Crippen LogP contribution in [0.15, 0.2) is 61.1 Å². The van der Waals surface area contributed by atoms with Crippen LogP contribution < -0.4 is 10.2 Å². The molecule has 4 aromatic rings. The molecule has 7 heteroatoms. The summed E-state index contributed by atoms with van der Waals surface area (Å²) in [6.07, 6.45) is 8.79. The molecular formula is C23H22N6O. The van der Waals surface area contributed by atoms with Crippen molar-refractivity contribution in [2.75, 3.05) is 23.3 Å². The van der Waals surface area contributed by atoms with Gasteiger partial charge in [-0.25, -0.2) is 9.97 Å². The summed E-state index contributed by atoms with van der Waals surface area (Å²) in [6.45, 7) is 2.07. The van der Waals surface area contributed by atoms with Gasteiger partial charge in [-0.1, -0.05) is 6.07 Å². The van der Waals surface area contributed by atoms with Gasteiger partial charge in [-0.2, -0.15) is 0 Å². The third kappa shape index (κ3) is 3.61. The maximum atomic E-state index is 12.8. The molecule has 1 aliphatic rings. The van der Waals surface area contributed by atoms with Crippen LogP contribution in [-0.2, 0) is 0 Å². The summed E-state index contributed by atoms with van der Waals surface area (Å²) in [7, 11) is 0. The minimum Gasteiger partial charge on any atom is -0.357 e. The molecule has 0 aliphatic carbocycles. The number of rotatable bonds is 4. The van der Waals surface area contributed by atoms with Crippen LogP contribution >= 0.6 is 0 Å². The Morgan fingerprint density at radius 3 is 2.77 bits per heavy atom. The van der Waals surface area contributed by atoms with E-state index < -0.39 is 0 Å². The summed E-state index contributed by atoms with van der Waals surface area (Å²) in [6, 6.07) is 13.2. The summed E-state index contributed by atoms with van der Waals surface area (Å²) in [5.74, 6) is 1.49. The number of anilines is 2. The Morgan fingerprint density at radius 1 is 1.03 bits per heavy atom. The van der Waals surface area contributed by atoms with E-state index in [9.17, 15) is 4.79 Å². The molecule has 0 bridgehead atoms. The number of pyridine rings is 2. The first kappa shape index (κ1) is 18.3. The third-order valence-electron chi connectivity index (χ3n) is 5.38. The van der Waals surface area contributed by atoms with Gasteiger partial charge in [0.2, 0.25) is 0 Å². The van der Waals surface area contributed by atoms with Crippen molar-refractivity contribution in [3.05, 3.63) is 66.6 Å². The molecule has 5 rings (SSSR count). The zero-order valence-electron chi connectivity index (χ0n) is 16.5. The Kier molecular flexibility index (Phi) is 4.85. The Bertz CT molecular complexity index is 1180. The summed E-state index contributed by atoms with van der Waals surface area (Å²) < 4.78 is 0. The number of para-hydroxylation sites is 1. The van der Waals surface area contributed by atoms with E-state index in [1.165, 1.54) is 19.3 Å². The molecule has 1 aromatic carbocycles. The highest BCUT2D eigenvalue weighted by atomic mass is 16.1. The second kappa shape index (κ2) is 7.94. The van der Waals surface area contributed by atoms with Crippen LogP contribution in [-0.4, -0.2) is 38.9 Å². The number of imidazole rings is 1. The average molecular weight is 398 g/mol. The highest BCUT2D eigenvalue weighted by molar-refractivity contribution is 6.11. The van der Waals surface area contributed by atoms with Crippen LogP contribution in [0.4, 0.5) is 11.5 Å². The van der Waals surface area contributed by atoms with E-state index in [0.29, 0.717) is 16.8 Å². The molecule has 150 valence electrons. The van der Waals surface area contributed by atoms with Crippen LogP contribution in [0.5, 0.6) is 0 Å². The molecule has 0 atom stereocenters. The molecule has 3 aromatic heterocycles. The van der Waals surface area contributed by atoms with E-state index in [4.69, 9.17) is 4.98 Å². The SMILES string of the molecule is O=C(Nc1cccnc1)c1cccc2[nH]c(-c3ccnc(N4CCCCC4)c3)nc12. The van der Waals surface area contributed by atoms with Crippen molar-refractivity contribution >= 4 is 28.4 Å². The van der Waals surface area contributed by atoms with Crippen molar-refractivity contribution in [3.63, 3.8) is 0 Å². The van der Waals surface area contributed by atoms with Gasteiger partial charge in [0, 0.05) is 31.0 Å². The fourth-order valence-electron chi connectivity index (χ4n) is 3.85. The highest BCUT2D eigenvalue weighted by Crippen LogP contribution is 2.26. The molecule has 30 heavy (non-hydrogen) atoms. The number of aromatic nitrogens is 4. The molecule has 1 aliphatic heterocycles. The number of nitrogens with zero attached hydrogens (tertiary/aromatic N) is 4. The monoisotopic (exact) mass is 398 g/mol. The van der Waals surface area contributed by atoms with Gasteiger partial charge in [-0.3, -0.25) is 9.78 Å². The summed E-state index contributed by atoms with van der Waals surface area (Å²) in [4.78, 5) is 31.8. The molecule has 0 radical (unpaired) electrons. The van der Waals surface area contributed by atoms with Crippen molar-refractivity contribution in [1.29, 1.82) is 0 Å². The Balaban J connectivity index is 1.47. The predicted octanol–water partition coefficient (Wildman–Crippen LogP) is 4.26. The van der Waals surface area contributed by atoms with E-state index in [0.717, 1.165) is 35.8 Å². The van der Waals surface area contributed by atoms with E-state index in [1.54, 1.807) is 30.6 Å². The normalized spacial score (nSPS) is 14.1. The second-order valence-electron chi connectivity index (χ2n) is 7.43. The number of piperidine rings is 1. The van der Waals surface area contributed by atoms with Gasteiger partial charge in [0.1, 0.15) is 17.2 Å². The fourth-order valence-corrected chi connectivity index (χ4v) is 3.85. The standard InChI is InChI=1S/C23H22N6O/c30-23(26-17-6-5-10-24-15-17)18-7-4-8-19-21(18)28-22(27-19)16-9-11-25-20(14-16)29-12-2-1-3-13-29/h4-11,14-15H,1-3,12-13H2,(H,26,30)(H,27,28). The summed E-state index contributed by atoms with van der Waals surface area (Å²) >= 11 is 0. The van der Waals surface area contributed by atoms with Crippen LogP contribution in [0.2, 0.25) is 0 Å². The molecular weight excluding hydrogens is 376 g/mol. The van der Waals surface area contributed by atoms with Gasteiger partial charge in [0.05, 0.1) is 23.0 Å². The molecule has 0 spiro atoms. The number of H-pyrrole nitrogens is 1. The van der Waals surface area contributed by atoms with E-state index >= 15 is 0 Å². The van der Waals surface area contributed by atoms with Crippen molar-refractivity contribution < 1.29 is 4.79 Å². The van der Waals surface area contributed by atoms with Crippen molar-refractivity contribution in [3.8, 4) is 11.4 Å². The Morgan fingerprint density at radius 2 is 1.93 bits per heavy atom. The maximum Gasteiger partial charge on any atom is 0.257 e. The van der Waals surface area contributed by atoms with Crippen molar-refractivity contribution in [1.82, 2.24) is 19.9 Å². The molecule has 4 heterocycles. The minimum absolute atomic E-state index is 0.213. The maximum absolute atomic E-state index is 12.8. The topological polar surface area (TPSA) is 86.8 Å². The third-order valence-corrected chi connectivity index (χ3v) is 5.38. The first-order chi connectivity index (χ1) is 14.8. The van der Waals surface area contributed by atoms with E-state index in [-0.39, 0.29) is 5.91 Å². The number of fused-ring (bicyclic) bond motifs is 1. The van der Waals surface area contributed by atoms with Gasteiger partial charge < -0.3 is 15.2 Å². The Hall–Kier alpha value is -3.74. The fraction of sp³-hybridized carbons (Fsp3) is 0.217. The number of hydrogen-bond donors (Lipinski definition) is 2. The predicted molar refractivity (Wildman–Crippen MR) is 118 cm³/mol. The van der Waals surface area contributed by atoms with Crippen LogP contribution in [0.3, 0.4) is 0 Å². The average Bonchev–Trinajstić information content (AvgIpc) is 3.25. The van der Waals surface area contributed by atoms with Crippen molar-refractivity contribution in [2.45, 2.75) is 19.3 Å². The van der Waals surface area contributed by atoms with Gasteiger partial charge >= 0.3 is 0 Å². The lowest BCUT2D eigenvalue weighted by Gasteiger charge is -2.27. The first-order valence-electron chi connectivity index (χ1n) is 10.2. The molecule has 0 saturated carbocycles. The number of hydrogen-bond acceptors (Lipinski definition) is 5. The lowest BCUT2D eigenvalue weighted by atomic mass is 10.1. The smallest absolute Gasteiger partial charge is 0.257 e. The lowest BCUT2D eigenvalue weighted by Crippen LogP contribution is -2.30. The summed E-state index contributed by atoms with van der Waals surface area (Å²) in [5, 5.41) is 2.88. The number of carbonyl (C=O) groups excluding carboxylic acids is 1. The highest BCUT2D eigenvalue weighted by Gasteiger charge is 2.17. The van der Waals surface area contributed by atoms with E-state index in [1.807, 2.05) is 24.4 Å². The molecule has 1 fully saturated rings. The zero-order chi connectivity index (χ0) is 20.3. The summed E-state index contributed by atoms with van der Waals surface area (Å²) in [5.41, 5.74) is 3.59. The van der Waals surface area contributed by atoms with E-state index in [2.05, 4.69) is 31.2 Å². The van der Waals surface area contributed by atoms with Crippen LogP contribution in [0.1, 0.15) is 29.6 Å². The molecule has 7 nitrogen and oxygen atoms in total. The second-order valence-corrected chi connectivity index (χ2v) is 7.43. The number of nitrogens with one attached hydrogen (secondary N) is 2. The van der Waals surface area contributed by atoms with Crippen LogP contribution in [0, 0.1) is 0 Å². The van der Waals surface area contributed by atoms with Gasteiger partial charge in [0.25, 0.3) is 5.91 Å². The molecule has 1 amide bonds. The minimum atomic E-state index is -0.213. The zero-order valence-corrected chi connectivity index (χ0v) is 16.5. The first-order valence-corrected chi connectivity index (χ1v) is 10.2. The number of amides is 1. The van der Waals surface area contributed by atoms with Gasteiger partial charge in [-0.15, -0.1) is 0 Å². The largest absolute Gasteiger partial charge is 0.357 e. The van der Waals surface area contributed by atoms with Crippen molar-refractivity contribution in [2.24, 2.45) is 0 Å². The molecule has 1 saturated heterocycles. The number of benzene rings is 1. The molecule has 0 unspecified atom stereocenters. The quantitative estimate of drug-likeness (QED) is 0.536. The van der Waals surface area contributed by atoms with Gasteiger partial charge in [-0.05, 0) is 55.7 Å². The number of carbonyl (C=O) groups is 1. The number of aromatic amines is 1. The lowest BCUT2D eigenvalue weighted by molar-refractivity contribution is 0.102. The van der Waals surface area contributed by atoms with Crippen LogP contribution in [0.25, 0.3) is 22.4 Å². The molecule has 2 N–H and O–H groups in total. The van der Waals surface area contributed by atoms with Gasteiger partial charge in [0.15, 0.2) is 0 Å². The Labute approximate surface area is 174 Å².